The van der Waals surface area contributed by atoms with E-state index in [1.165, 1.54) is 10.4 Å². The van der Waals surface area contributed by atoms with Gasteiger partial charge in [-0.15, -0.1) is 11.3 Å². The summed E-state index contributed by atoms with van der Waals surface area (Å²) in [6, 6.07) is 2.23. The Hall–Kier alpha value is -0.460. The van der Waals surface area contributed by atoms with Crippen molar-refractivity contribution in [3.8, 4) is 0 Å². The van der Waals surface area contributed by atoms with Crippen LogP contribution in [0.3, 0.4) is 0 Å². The Bertz CT molecular complexity index is 355. The molecule has 5 heteroatoms. The lowest BCUT2D eigenvalue weighted by molar-refractivity contribution is -0.0456. The highest BCUT2D eigenvalue weighted by Crippen LogP contribution is 2.27. The van der Waals surface area contributed by atoms with Crippen molar-refractivity contribution in [2.24, 2.45) is 5.84 Å². The SMILES string of the molecule is CCN1CCOC(C(NN)c2ccsc2C)C1. The number of aryl methyl sites for hydroxylation is 1. The lowest BCUT2D eigenvalue weighted by Crippen LogP contribution is -2.49. The van der Waals surface area contributed by atoms with Crippen molar-refractivity contribution in [1.29, 1.82) is 0 Å². The van der Waals surface area contributed by atoms with Gasteiger partial charge in [0.15, 0.2) is 0 Å². The largest absolute Gasteiger partial charge is 0.374 e. The van der Waals surface area contributed by atoms with Crippen LogP contribution in [0.25, 0.3) is 0 Å². The molecule has 96 valence electrons. The molecule has 17 heavy (non-hydrogen) atoms. The van der Waals surface area contributed by atoms with Crippen molar-refractivity contribution >= 4 is 11.3 Å². The van der Waals surface area contributed by atoms with E-state index in [0.29, 0.717) is 0 Å². The Kier molecular flexibility index (Phi) is 4.53. The van der Waals surface area contributed by atoms with Gasteiger partial charge in [-0.25, -0.2) is 0 Å². The van der Waals surface area contributed by atoms with E-state index >= 15 is 0 Å². The van der Waals surface area contributed by atoms with E-state index in [0.717, 1.165) is 26.2 Å². The molecule has 2 rings (SSSR count). The van der Waals surface area contributed by atoms with Gasteiger partial charge in [-0.05, 0) is 30.5 Å². The van der Waals surface area contributed by atoms with Crippen LogP contribution in [0.1, 0.15) is 23.4 Å². The number of nitrogens with two attached hydrogens (primary N) is 1. The summed E-state index contributed by atoms with van der Waals surface area (Å²) in [6.07, 6.45) is 0.141. The monoisotopic (exact) mass is 255 g/mol. The van der Waals surface area contributed by atoms with Crippen LogP contribution in [0.5, 0.6) is 0 Å². The van der Waals surface area contributed by atoms with Crippen LogP contribution >= 0.6 is 11.3 Å². The zero-order valence-electron chi connectivity index (χ0n) is 10.5. The first-order valence-corrected chi connectivity index (χ1v) is 6.98. The van der Waals surface area contributed by atoms with E-state index in [-0.39, 0.29) is 12.1 Å². The molecule has 0 spiro atoms. The second kappa shape index (κ2) is 5.93. The van der Waals surface area contributed by atoms with E-state index in [1.807, 2.05) is 0 Å². The molecule has 1 aliphatic rings. The van der Waals surface area contributed by atoms with E-state index in [1.54, 1.807) is 11.3 Å². The minimum absolute atomic E-state index is 0.0931. The van der Waals surface area contributed by atoms with Crippen molar-refractivity contribution in [2.45, 2.75) is 26.0 Å². The number of hydrogen-bond acceptors (Lipinski definition) is 5. The summed E-state index contributed by atoms with van der Waals surface area (Å²) in [5.41, 5.74) is 4.18. The first kappa shape index (κ1) is 13.0. The quantitative estimate of drug-likeness (QED) is 0.628. The van der Waals surface area contributed by atoms with Crippen LogP contribution in [0.15, 0.2) is 11.4 Å². The van der Waals surface area contributed by atoms with Crippen LogP contribution < -0.4 is 11.3 Å². The molecule has 4 nitrogen and oxygen atoms in total. The summed E-state index contributed by atoms with van der Waals surface area (Å²) in [5.74, 6) is 5.71. The van der Waals surface area contributed by atoms with Crippen molar-refractivity contribution in [3.05, 3.63) is 21.9 Å². The van der Waals surface area contributed by atoms with Crippen LogP contribution in [0.2, 0.25) is 0 Å². The Morgan fingerprint density at radius 1 is 1.71 bits per heavy atom. The molecule has 1 saturated heterocycles. The fraction of sp³-hybridized carbons (Fsp3) is 0.667. The lowest BCUT2D eigenvalue weighted by atomic mass is 10.0. The average Bonchev–Trinajstić information content (AvgIpc) is 2.77. The third-order valence-corrected chi connectivity index (χ3v) is 4.27. The Morgan fingerprint density at radius 3 is 3.12 bits per heavy atom. The summed E-state index contributed by atoms with van der Waals surface area (Å²) in [5, 5.41) is 2.11. The van der Waals surface area contributed by atoms with E-state index in [2.05, 4.69) is 35.6 Å². The fourth-order valence-electron chi connectivity index (χ4n) is 2.34. The molecular weight excluding hydrogens is 234 g/mol. The highest BCUT2D eigenvalue weighted by Gasteiger charge is 2.29. The molecule has 0 aliphatic carbocycles. The van der Waals surface area contributed by atoms with Crippen molar-refractivity contribution < 1.29 is 4.74 Å². The number of likely N-dealkylation sites (N-methyl/N-ethyl adjacent to an activating group) is 1. The van der Waals surface area contributed by atoms with Crippen LogP contribution in [-0.2, 0) is 4.74 Å². The molecule has 0 aromatic carbocycles. The molecule has 0 amide bonds. The molecule has 1 aliphatic heterocycles. The Morgan fingerprint density at radius 2 is 2.53 bits per heavy atom. The van der Waals surface area contributed by atoms with E-state index in [9.17, 15) is 0 Å². The molecule has 3 N–H and O–H groups in total. The minimum Gasteiger partial charge on any atom is -0.374 e. The number of thiophene rings is 1. The average molecular weight is 255 g/mol. The Labute approximate surface area is 107 Å². The number of nitrogens with one attached hydrogen (secondary N) is 1. The second-order valence-corrected chi connectivity index (χ2v) is 5.50. The van der Waals surface area contributed by atoms with Gasteiger partial charge >= 0.3 is 0 Å². The molecule has 2 unspecified atom stereocenters. The molecule has 2 atom stereocenters. The van der Waals surface area contributed by atoms with E-state index in [4.69, 9.17) is 10.6 Å². The third kappa shape index (κ3) is 2.86. The van der Waals surface area contributed by atoms with Gasteiger partial charge < -0.3 is 4.74 Å². The summed E-state index contributed by atoms with van der Waals surface area (Å²) < 4.78 is 5.86. The number of hydrazine groups is 1. The van der Waals surface area contributed by atoms with E-state index < -0.39 is 0 Å². The maximum absolute atomic E-state index is 5.86. The Balaban J connectivity index is 2.10. The zero-order chi connectivity index (χ0) is 12.3. The molecule has 1 fully saturated rings. The molecule has 1 aromatic rings. The van der Waals surface area contributed by atoms with Gasteiger partial charge in [0.2, 0.25) is 0 Å². The van der Waals surface area contributed by atoms with Gasteiger partial charge in [-0.3, -0.25) is 16.2 Å². The molecular formula is C12H21N3OS. The summed E-state index contributed by atoms with van der Waals surface area (Å²) in [4.78, 5) is 3.71. The standard InChI is InChI=1S/C12H21N3OS/c1-3-15-5-6-16-11(8-15)12(14-13)10-4-7-17-9(10)2/h4,7,11-12,14H,3,5-6,8,13H2,1-2H3. The summed E-state index contributed by atoms with van der Waals surface area (Å²) in [7, 11) is 0. The first-order valence-electron chi connectivity index (χ1n) is 6.10. The topological polar surface area (TPSA) is 50.5 Å². The predicted molar refractivity (Wildman–Crippen MR) is 71.0 cm³/mol. The summed E-state index contributed by atoms with van der Waals surface area (Å²) >= 11 is 1.75. The van der Waals surface area contributed by atoms with Gasteiger partial charge in [0, 0.05) is 18.0 Å². The zero-order valence-corrected chi connectivity index (χ0v) is 11.3. The van der Waals surface area contributed by atoms with Gasteiger partial charge in [0.1, 0.15) is 0 Å². The highest BCUT2D eigenvalue weighted by molar-refractivity contribution is 7.10. The van der Waals surface area contributed by atoms with Crippen molar-refractivity contribution in [1.82, 2.24) is 10.3 Å². The molecule has 0 radical (unpaired) electrons. The van der Waals surface area contributed by atoms with Crippen LogP contribution in [0, 0.1) is 6.92 Å². The number of ether oxygens (including phenoxy) is 1. The van der Waals surface area contributed by atoms with Crippen LogP contribution in [0.4, 0.5) is 0 Å². The lowest BCUT2D eigenvalue weighted by Gasteiger charge is -2.36. The molecule has 0 bridgehead atoms. The van der Waals surface area contributed by atoms with Gasteiger partial charge in [-0.1, -0.05) is 6.92 Å². The highest BCUT2D eigenvalue weighted by atomic mass is 32.1. The smallest absolute Gasteiger partial charge is 0.0910 e. The van der Waals surface area contributed by atoms with Gasteiger partial charge in [-0.2, -0.15) is 0 Å². The third-order valence-electron chi connectivity index (χ3n) is 3.41. The maximum Gasteiger partial charge on any atom is 0.0910 e. The number of nitrogens with zero attached hydrogens (tertiary/aromatic N) is 1. The normalized spacial score (nSPS) is 23.8. The fourth-order valence-corrected chi connectivity index (χ4v) is 3.09. The van der Waals surface area contributed by atoms with Crippen LogP contribution in [-0.4, -0.2) is 37.2 Å². The maximum atomic E-state index is 5.86. The number of hydrogen-bond donors (Lipinski definition) is 2. The van der Waals surface area contributed by atoms with Crippen molar-refractivity contribution in [3.63, 3.8) is 0 Å². The predicted octanol–water partition coefficient (Wildman–Crippen LogP) is 1.28. The van der Waals surface area contributed by atoms with Crippen molar-refractivity contribution in [2.75, 3.05) is 26.2 Å². The van der Waals surface area contributed by atoms with Gasteiger partial charge in [0.25, 0.3) is 0 Å². The summed E-state index contributed by atoms with van der Waals surface area (Å²) in [6.45, 7) is 8.14. The minimum atomic E-state index is 0.0931. The molecule has 1 aromatic heterocycles. The number of morpholine rings is 1. The number of rotatable bonds is 4. The first-order chi connectivity index (χ1) is 8.26. The van der Waals surface area contributed by atoms with Gasteiger partial charge in [0.05, 0.1) is 18.8 Å². The molecule has 0 saturated carbocycles. The molecule has 2 heterocycles. The second-order valence-electron chi connectivity index (χ2n) is 4.38.